The van der Waals surface area contributed by atoms with Gasteiger partial charge in [-0.3, -0.25) is 14.4 Å². The molecule has 7 heteroatoms. The van der Waals surface area contributed by atoms with Gasteiger partial charge < -0.3 is 16.0 Å². The highest BCUT2D eigenvalue weighted by molar-refractivity contribution is 6.23. The van der Waals surface area contributed by atoms with E-state index in [1.807, 2.05) is 24.3 Å². The molecule has 0 atom stereocenters. The molecule has 0 unspecified atom stereocenters. The summed E-state index contributed by atoms with van der Waals surface area (Å²) in [4.78, 5) is 43.2. The van der Waals surface area contributed by atoms with Gasteiger partial charge in [0.1, 0.15) is 0 Å². The molecule has 0 radical (unpaired) electrons. The summed E-state index contributed by atoms with van der Waals surface area (Å²) in [5.74, 6) is -1.35. The fourth-order valence-electron chi connectivity index (χ4n) is 3.98. The Kier molecular flexibility index (Phi) is 6.96. The van der Waals surface area contributed by atoms with Crippen molar-refractivity contribution >= 4 is 45.7 Å². The SMILES string of the molecule is CCCCc1ccc(C(=O)Nc2cc(N)ccc2N(C(C)=O)C(=O)c2ccc3cc[nH]c3c2)cc1. The number of H-pyrrole nitrogens is 1. The topological polar surface area (TPSA) is 108 Å². The third kappa shape index (κ3) is 5.24. The summed E-state index contributed by atoms with van der Waals surface area (Å²) >= 11 is 0. The second-order valence-electron chi connectivity index (χ2n) is 8.47. The molecule has 1 aromatic heterocycles. The van der Waals surface area contributed by atoms with Gasteiger partial charge in [0.05, 0.1) is 11.4 Å². The van der Waals surface area contributed by atoms with Crippen molar-refractivity contribution in [2.75, 3.05) is 16.0 Å². The first kappa shape index (κ1) is 23.8. The standard InChI is InChI=1S/C28H28N4O3/c1-3-4-5-19-6-8-21(9-7-19)27(34)31-25-17-23(29)12-13-26(25)32(18(2)33)28(35)22-11-10-20-14-15-30-24(20)16-22/h6-17,30H,3-5,29H2,1-2H3,(H,31,34). The maximum Gasteiger partial charge on any atom is 0.265 e. The number of aryl methyl sites for hydroxylation is 1. The molecule has 0 spiro atoms. The summed E-state index contributed by atoms with van der Waals surface area (Å²) in [7, 11) is 0. The van der Waals surface area contributed by atoms with Gasteiger partial charge in [-0.1, -0.05) is 31.5 Å². The van der Waals surface area contributed by atoms with Gasteiger partial charge in [0.25, 0.3) is 11.8 Å². The van der Waals surface area contributed by atoms with Gasteiger partial charge >= 0.3 is 0 Å². The zero-order valence-electron chi connectivity index (χ0n) is 19.8. The van der Waals surface area contributed by atoms with Crippen LogP contribution in [0.25, 0.3) is 10.9 Å². The molecule has 7 nitrogen and oxygen atoms in total. The van der Waals surface area contributed by atoms with E-state index in [0.717, 1.165) is 35.1 Å². The van der Waals surface area contributed by atoms with E-state index in [1.165, 1.54) is 12.5 Å². The van der Waals surface area contributed by atoms with E-state index in [9.17, 15) is 14.4 Å². The van der Waals surface area contributed by atoms with E-state index in [4.69, 9.17) is 5.73 Å². The number of fused-ring (bicyclic) bond motifs is 1. The van der Waals surface area contributed by atoms with Crippen molar-refractivity contribution in [1.29, 1.82) is 0 Å². The minimum Gasteiger partial charge on any atom is -0.399 e. The Bertz CT molecular complexity index is 1390. The van der Waals surface area contributed by atoms with Crippen molar-refractivity contribution < 1.29 is 14.4 Å². The minimum absolute atomic E-state index is 0.246. The van der Waals surface area contributed by atoms with Crippen LogP contribution in [0.3, 0.4) is 0 Å². The smallest absolute Gasteiger partial charge is 0.265 e. The first-order valence-electron chi connectivity index (χ1n) is 11.6. The van der Waals surface area contributed by atoms with Crippen LogP contribution in [0.4, 0.5) is 17.1 Å². The number of benzene rings is 3. The number of carbonyl (C=O) groups is 3. The van der Waals surface area contributed by atoms with Crippen LogP contribution in [-0.2, 0) is 11.2 Å². The Morgan fingerprint density at radius 2 is 1.69 bits per heavy atom. The fourth-order valence-corrected chi connectivity index (χ4v) is 3.98. The summed E-state index contributed by atoms with van der Waals surface area (Å²) in [5, 5.41) is 3.78. The normalized spacial score (nSPS) is 10.8. The van der Waals surface area contributed by atoms with Crippen molar-refractivity contribution in [3.05, 3.63) is 89.6 Å². The Balaban J connectivity index is 1.64. The van der Waals surface area contributed by atoms with Gasteiger partial charge in [0.2, 0.25) is 5.91 Å². The number of unbranched alkanes of at least 4 members (excludes halogenated alkanes) is 1. The number of nitrogens with one attached hydrogen (secondary N) is 2. The lowest BCUT2D eigenvalue weighted by atomic mass is 10.1. The molecule has 4 aromatic rings. The van der Waals surface area contributed by atoms with Crippen LogP contribution in [0.5, 0.6) is 0 Å². The van der Waals surface area contributed by atoms with Crippen LogP contribution in [-0.4, -0.2) is 22.7 Å². The maximum absolute atomic E-state index is 13.4. The third-order valence-electron chi connectivity index (χ3n) is 5.86. The number of hydrogen-bond acceptors (Lipinski definition) is 4. The van der Waals surface area contributed by atoms with E-state index in [1.54, 1.807) is 48.7 Å². The zero-order valence-corrected chi connectivity index (χ0v) is 19.8. The Labute approximate surface area is 203 Å². The maximum atomic E-state index is 13.4. The van der Waals surface area contributed by atoms with E-state index in [-0.39, 0.29) is 17.3 Å². The molecule has 0 aliphatic carbocycles. The Morgan fingerprint density at radius 3 is 2.40 bits per heavy atom. The number of hydrogen-bond donors (Lipinski definition) is 3. The molecule has 3 aromatic carbocycles. The van der Waals surface area contributed by atoms with Crippen molar-refractivity contribution in [1.82, 2.24) is 4.98 Å². The van der Waals surface area contributed by atoms with Crippen LogP contribution in [0.1, 0.15) is 53.0 Å². The van der Waals surface area contributed by atoms with Crippen LogP contribution in [0.2, 0.25) is 0 Å². The number of nitrogens with two attached hydrogens (primary N) is 1. The summed E-state index contributed by atoms with van der Waals surface area (Å²) in [6.45, 7) is 3.44. The predicted molar refractivity (Wildman–Crippen MR) is 140 cm³/mol. The highest BCUT2D eigenvalue weighted by Gasteiger charge is 2.25. The van der Waals surface area contributed by atoms with Crippen molar-refractivity contribution in [2.24, 2.45) is 0 Å². The monoisotopic (exact) mass is 468 g/mol. The zero-order chi connectivity index (χ0) is 24.9. The Morgan fingerprint density at radius 1 is 0.943 bits per heavy atom. The number of aromatic amines is 1. The molecule has 35 heavy (non-hydrogen) atoms. The second kappa shape index (κ2) is 10.3. The molecule has 178 valence electrons. The molecule has 0 bridgehead atoms. The van der Waals surface area contributed by atoms with E-state index in [2.05, 4.69) is 17.2 Å². The number of rotatable bonds is 7. The van der Waals surface area contributed by atoms with Crippen LogP contribution in [0.15, 0.2) is 72.9 Å². The molecule has 0 aliphatic heterocycles. The summed E-state index contributed by atoms with van der Waals surface area (Å²) in [5.41, 5.74) is 9.65. The first-order valence-corrected chi connectivity index (χ1v) is 11.6. The summed E-state index contributed by atoms with van der Waals surface area (Å²) in [6, 6.07) is 19.2. The van der Waals surface area contributed by atoms with Gasteiger partial charge in [0.15, 0.2) is 0 Å². The van der Waals surface area contributed by atoms with E-state index in [0.29, 0.717) is 16.8 Å². The van der Waals surface area contributed by atoms with Gasteiger partial charge in [0, 0.05) is 35.5 Å². The average Bonchev–Trinajstić information content (AvgIpc) is 3.32. The molecule has 1 heterocycles. The number of aromatic nitrogens is 1. The average molecular weight is 469 g/mol. The number of nitrogen functional groups attached to an aromatic ring is 1. The quantitative estimate of drug-likeness (QED) is 0.310. The molecule has 0 saturated heterocycles. The minimum atomic E-state index is -0.505. The van der Waals surface area contributed by atoms with Crippen molar-refractivity contribution in [2.45, 2.75) is 33.1 Å². The Hall–Kier alpha value is -4.39. The molecule has 0 aliphatic rings. The first-order chi connectivity index (χ1) is 16.9. The van der Waals surface area contributed by atoms with Gasteiger partial charge in [-0.25, -0.2) is 4.90 Å². The molecular formula is C28H28N4O3. The van der Waals surface area contributed by atoms with Gasteiger partial charge in [-0.15, -0.1) is 0 Å². The number of nitrogens with zero attached hydrogens (tertiary/aromatic N) is 1. The van der Waals surface area contributed by atoms with Crippen LogP contribution >= 0.6 is 0 Å². The molecule has 0 saturated carbocycles. The fraction of sp³-hybridized carbons (Fsp3) is 0.179. The molecular weight excluding hydrogens is 440 g/mol. The van der Waals surface area contributed by atoms with Crippen LogP contribution < -0.4 is 16.0 Å². The molecule has 4 rings (SSSR count). The van der Waals surface area contributed by atoms with Gasteiger partial charge in [-0.2, -0.15) is 0 Å². The lowest BCUT2D eigenvalue weighted by molar-refractivity contribution is -0.115. The molecule has 3 amide bonds. The molecule has 4 N–H and O–H groups in total. The highest BCUT2D eigenvalue weighted by Crippen LogP contribution is 2.31. The largest absolute Gasteiger partial charge is 0.399 e. The van der Waals surface area contributed by atoms with Crippen LogP contribution in [0, 0.1) is 0 Å². The van der Waals surface area contributed by atoms with Crippen molar-refractivity contribution in [3.63, 3.8) is 0 Å². The molecule has 0 fully saturated rings. The van der Waals surface area contributed by atoms with E-state index >= 15 is 0 Å². The summed E-state index contributed by atoms with van der Waals surface area (Å²) in [6.07, 6.45) is 4.93. The lowest BCUT2D eigenvalue weighted by Crippen LogP contribution is -2.36. The number of imide groups is 1. The second-order valence-corrected chi connectivity index (χ2v) is 8.47. The number of carbonyl (C=O) groups excluding carboxylic acids is 3. The summed E-state index contributed by atoms with van der Waals surface area (Å²) < 4.78 is 0. The van der Waals surface area contributed by atoms with Gasteiger partial charge in [-0.05, 0) is 72.3 Å². The lowest BCUT2D eigenvalue weighted by Gasteiger charge is -2.23. The van der Waals surface area contributed by atoms with E-state index < -0.39 is 11.8 Å². The highest BCUT2D eigenvalue weighted by atomic mass is 16.2. The number of amides is 3. The predicted octanol–water partition coefficient (Wildman–Crippen LogP) is 5.54. The third-order valence-corrected chi connectivity index (χ3v) is 5.86. The van der Waals surface area contributed by atoms with Crippen molar-refractivity contribution in [3.8, 4) is 0 Å². The number of anilines is 3.